The molecule has 4 aromatic rings. The van der Waals surface area contributed by atoms with Crippen molar-refractivity contribution in [3.8, 4) is 0 Å². The molecule has 0 aliphatic rings. The van der Waals surface area contributed by atoms with Crippen molar-refractivity contribution in [3.63, 3.8) is 0 Å². The number of benzene rings is 4. The second kappa shape index (κ2) is 87.7. The van der Waals surface area contributed by atoms with Crippen LogP contribution in [0.15, 0.2) is 65.8 Å². The Kier molecular flexibility index (Phi) is 81.9. The van der Waals surface area contributed by atoms with Gasteiger partial charge in [-0.1, -0.05) is 529 Å². The molecule has 0 amide bonds. The van der Waals surface area contributed by atoms with Gasteiger partial charge in [-0.3, -0.25) is 0 Å². The number of hydrogen-bond donors (Lipinski definition) is 1. The molecule has 0 saturated carbocycles. The minimum atomic E-state index is 0.359. The molecule has 0 aliphatic carbocycles. The molecule has 4 rings (SSSR count). The minimum absolute atomic E-state index is 0.359. The first kappa shape index (κ1) is 113. The monoisotopic (exact) mass is 1780 g/mol. The molecule has 0 atom stereocenters. The molecule has 0 aliphatic heterocycles. The van der Waals surface area contributed by atoms with Crippen LogP contribution in [0.1, 0.15) is 574 Å². The molecule has 0 unspecified atom stereocenters. The second-order valence-electron chi connectivity index (χ2n) is 38.3. The zero-order valence-corrected chi connectivity index (χ0v) is 86.6. The van der Waals surface area contributed by atoms with E-state index in [1.165, 1.54) is 600 Å². The van der Waals surface area contributed by atoms with E-state index in [0.717, 1.165) is 6.42 Å². The zero-order chi connectivity index (χ0) is 85.8. The molecule has 0 heterocycles. The molecule has 4 aromatic carbocycles. The summed E-state index contributed by atoms with van der Waals surface area (Å²) >= 11 is 13.4. The highest BCUT2D eigenvalue weighted by Gasteiger charge is 2.20. The van der Waals surface area contributed by atoms with Crippen LogP contribution in [0.5, 0.6) is 0 Å². The number of rotatable bonds is 97. The van der Waals surface area contributed by atoms with Gasteiger partial charge < -0.3 is 5.11 Å². The summed E-state index contributed by atoms with van der Waals surface area (Å²) in [6.45, 7) is 12.1. The highest BCUT2D eigenvalue weighted by atomic mass is 32.2. The molecule has 0 bridgehead atoms. The van der Waals surface area contributed by atoms with E-state index in [0.29, 0.717) is 6.61 Å². The lowest BCUT2D eigenvalue weighted by atomic mass is 9.94. The fourth-order valence-electron chi connectivity index (χ4n) is 18.6. The average Bonchev–Trinajstić information content (AvgIpc) is 0.726. The van der Waals surface area contributed by atoms with E-state index in [1.807, 2.05) is 0 Å². The molecule has 7 heteroatoms. The van der Waals surface area contributed by atoms with Gasteiger partial charge in [0.25, 0.3) is 0 Å². The Hall–Kier alpha value is -0.280. The maximum absolute atomic E-state index is 9.19. The van der Waals surface area contributed by atoms with Crippen molar-refractivity contribution in [1.82, 2.24) is 0 Å². The Bertz CT molecular complexity index is 2410. The highest BCUT2D eigenvalue weighted by Crippen LogP contribution is 2.48. The standard InChI is InChI=1S/C114H204OS6/c1-6-11-16-21-26-31-36-41-49-56-63-70-77-84-91-116-109-97-103-104-98-110(117-92-85-78-71-64-57-50-42-37-32-27-22-17-12-7-2)112(119-94-87-80-73-66-59-52-44-39-34-29-24-19-14-9-4)100-106(104)108-102-114(121-96-89-82-75-68-61-54-47-46-48-55-62-69-76-83-90-115)113(120-95-88-81-74-67-60-53-45-40-35-30-25-20-15-10-5)101-107(108)105(103)99-111(109)118-93-86-79-72-65-58-51-43-38-33-28-23-18-13-8-3/h97-102,115H,6-96H2,1-5H3. The first-order valence-corrected chi connectivity index (χ1v) is 60.9. The quantitative estimate of drug-likeness (QED) is 0.0267. The van der Waals surface area contributed by atoms with Gasteiger partial charge in [0.1, 0.15) is 0 Å². The summed E-state index contributed by atoms with van der Waals surface area (Å²) in [5.74, 6) is 7.38. The molecule has 0 aromatic heterocycles. The van der Waals surface area contributed by atoms with Crippen LogP contribution in [0.25, 0.3) is 32.3 Å². The van der Waals surface area contributed by atoms with E-state index in [-0.39, 0.29) is 0 Å². The second-order valence-corrected chi connectivity index (χ2v) is 45.1. The van der Waals surface area contributed by atoms with Crippen LogP contribution in [0.4, 0.5) is 0 Å². The van der Waals surface area contributed by atoms with Gasteiger partial charge in [0, 0.05) is 36.0 Å². The molecule has 121 heavy (non-hydrogen) atoms. The van der Waals surface area contributed by atoms with Crippen LogP contribution in [0.3, 0.4) is 0 Å². The number of hydrogen-bond acceptors (Lipinski definition) is 7. The lowest BCUT2D eigenvalue weighted by molar-refractivity contribution is 0.282. The maximum atomic E-state index is 9.19. The van der Waals surface area contributed by atoms with E-state index in [1.54, 1.807) is 29.4 Å². The lowest BCUT2D eigenvalue weighted by Crippen LogP contribution is -1.94. The highest BCUT2D eigenvalue weighted by molar-refractivity contribution is 8.03. The number of thioether (sulfide) groups is 6. The van der Waals surface area contributed by atoms with Crippen LogP contribution < -0.4 is 0 Å². The van der Waals surface area contributed by atoms with Gasteiger partial charge in [0.2, 0.25) is 0 Å². The molecular weight excluding hydrogens is 1580 g/mol. The van der Waals surface area contributed by atoms with Gasteiger partial charge in [-0.15, -0.1) is 70.6 Å². The summed E-state index contributed by atoms with van der Waals surface area (Å²) in [7, 11) is 0. The van der Waals surface area contributed by atoms with E-state index >= 15 is 0 Å². The number of aliphatic hydroxyl groups is 1. The van der Waals surface area contributed by atoms with Crippen molar-refractivity contribution < 1.29 is 5.11 Å². The van der Waals surface area contributed by atoms with E-state index < -0.39 is 0 Å². The molecule has 0 fully saturated rings. The fourth-order valence-corrected chi connectivity index (χ4v) is 25.5. The SMILES string of the molecule is CCCCCCCCCCCCCCCCSc1cc2c3cc(SCCCCCCCCCCCCCCCC)c(SCCCCCCCCCCCCCCCC)cc3c3cc(SCCCCCCCCCCCCCCCCO)c(SCCCCCCCCCCCCCCCC)cc3c2cc1SCCCCCCCCCCCCCCCC. The van der Waals surface area contributed by atoms with Crippen molar-refractivity contribution in [2.45, 2.75) is 603 Å². The largest absolute Gasteiger partial charge is 0.396 e. The number of aliphatic hydroxyl groups excluding tert-OH is 1. The van der Waals surface area contributed by atoms with Crippen LogP contribution in [0, 0.1) is 0 Å². The molecule has 0 saturated heterocycles. The van der Waals surface area contributed by atoms with Crippen LogP contribution in [-0.4, -0.2) is 46.2 Å². The Labute approximate surface area is 782 Å². The number of fused-ring (bicyclic) bond motifs is 6. The Morgan fingerprint density at radius 1 is 0.132 bits per heavy atom. The first-order valence-electron chi connectivity index (χ1n) is 55.0. The predicted octanol–water partition coefficient (Wildman–Crippen LogP) is 43.6. The first-order chi connectivity index (χ1) is 60.1. The summed E-state index contributed by atoms with van der Waals surface area (Å²) in [6, 6.07) is 16.7. The summed E-state index contributed by atoms with van der Waals surface area (Å²) in [5.41, 5.74) is 0. The van der Waals surface area contributed by atoms with Crippen molar-refractivity contribution in [3.05, 3.63) is 36.4 Å². The Morgan fingerprint density at radius 3 is 0.322 bits per heavy atom. The van der Waals surface area contributed by atoms with Crippen molar-refractivity contribution in [2.24, 2.45) is 0 Å². The molecule has 0 spiro atoms. The van der Waals surface area contributed by atoms with Crippen molar-refractivity contribution >= 4 is 103 Å². The zero-order valence-electron chi connectivity index (χ0n) is 81.7. The topological polar surface area (TPSA) is 20.2 Å². The average molecular weight is 1780 g/mol. The summed E-state index contributed by atoms with van der Waals surface area (Å²) in [5, 5.41) is 18.4. The third-order valence-corrected chi connectivity index (χ3v) is 33.9. The smallest absolute Gasteiger partial charge is 0.0431 e. The molecule has 1 N–H and O–H groups in total. The minimum Gasteiger partial charge on any atom is -0.396 e. The summed E-state index contributed by atoms with van der Waals surface area (Å²) in [4.78, 5) is 9.42. The molecular formula is C114H204OS6. The van der Waals surface area contributed by atoms with Gasteiger partial charge >= 0.3 is 0 Å². The maximum Gasteiger partial charge on any atom is 0.0431 e. The molecule has 702 valence electrons. The third kappa shape index (κ3) is 62.7. The van der Waals surface area contributed by atoms with Gasteiger partial charge in [-0.25, -0.2) is 0 Å². The number of unbranched alkanes of at least 4 members (excludes halogenated alkanes) is 78. The van der Waals surface area contributed by atoms with Gasteiger partial charge in [0.15, 0.2) is 0 Å². The van der Waals surface area contributed by atoms with E-state index in [9.17, 15) is 5.11 Å². The van der Waals surface area contributed by atoms with Gasteiger partial charge in [-0.05, 0) is 148 Å². The van der Waals surface area contributed by atoms with Crippen molar-refractivity contribution in [2.75, 3.05) is 41.1 Å². The predicted molar refractivity (Wildman–Crippen MR) is 567 cm³/mol. The van der Waals surface area contributed by atoms with Crippen molar-refractivity contribution in [1.29, 1.82) is 0 Å². The Balaban J connectivity index is 1.72. The van der Waals surface area contributed by atoms with Gasteiger partial charge in [0.05, 0.1) is 0 Å². The van der Waals surface area contributed by atoms with Crippen LogP contribution >= 0.6 is 70.6 Å². The molecule has 0 radical (unpaired) electrons. The fraction of sp³-hybridized carbons (Fsp3) is 0.842. The third-order valence-electron chi connectivity index (χ3n) is 26.7. The van der Waals surface area contributed by atoms with E-state index in [2.05, 4.69) is 142 Å². The molecule has 1 nitrogen and oxygen atoms in total. The van der Waals surface area contributed by atoms with Crippen LogP contribution in [-0.2, 0) is 0 Å². The van der Waals surface area contributed by atoms with Gasteiger partial charge in [-0.2, -0.15) is 0 Å². The lowest BCUT2D eigenvalue weighted by Gasteiger charge is -2.20. The Morgan fingerprint density at radius 2 is 0.223 bits per heavy atom. The summed E-state index contributed by atoms with van der Waals surface area (Å²) < 4.78 is 0. The van der Waals surface area contributed by atoms with Crippen LogP contribution in [0.2, 0.25) is 0 Å². The van der Waals surface area contributed by atoms with E-state index in [4.69, 9.17) is 0 Å². The normalized spacial score (nSPS) is 12.0. The summed E-state index contributed by atoms with van der Waals surface area (Å²) in [6.07, 6.45) is 118.